The maximum atomic E-state index is 12.2. The lowest BCUT2D eigenvalue weighted by atomic mass is 10.2. The van der Waals surface area contributed by atoms with Crippen LogP contribution in [-0.2, 0) is 0 Å². The third-order valence-corrected chi connectivity index (χ3v) is 4.43. The van der Waals surface area contributed by atoms with Gasteiger partial charge in [-0.05, 0) is 18.6 Å². The molecule has 2 aromatic heterocycles. The molecule has 1 aliphatic heterocycles. The molecule has 1 aliphatic rings. The number of furan rings is 1. The number of nitrogens with zero attached hydrogens (tertiary/aromatic N) is 2. The van der Waals surface area contributed by atoms with Crippen molar-refractivity contribution in [3.05, 3.63) is 42.2 Å². The standard InChI is InChI=1S/C13H14N2O3S/c16-13(11-3-5-14-18-11)15-6-4-12(19-9-7-15)10-2-1-8-17-10/h1-3,5,8,12H,4,6-7,9H2/t12-/m1/s1. The molecule has 0 radical (unpaired) electrons. The molecule has 0 bridgehead atoms. The molecule has 100 valence electrons. The Morgan fingerprint density at radius 3 is 3.11 bits per heavy atom. The molecule has 6 heteroatoms. The van der Waals surface area contributed by atoms with E-state index in [2.05, 4.69) is 5.16 Å². The van der Waals surface area contributed by atoms with Crippen molar-refractivity contribution in [2.24, 2.45) is 0 Å². The van der Waals surface area contributed by atoms with Gasteiger partial charge < -0.3 is 13.8 Å². The maximum Gasteiger partial charge on any atom is 0.292 e. The molecule has 0 saturated carbocycles. The minimum absolute atomic E-state index is 0.0850. The first kappa shape index (κ1) is 12.3. The second-order valence-corrected chi connectivity index (χ2v) is 5.64. The van der Waals surface area contributed by atoms with Crippen LogP contribution >= 0.6 is 11.8 Å². The Morgan fingerprint density at radius 1 is 1.42 bits per heavy atom. The molecule has 0 spiro atoms. The zero-order valence-electron chi connectivity index (χ0n) is 10.3. The highest BCUT2D eigenvalue weighted by Crippen LogP contribution is 2.34. The van der Waals surface area contributed by atoms with Crippen LogP contribution in [0, 0.1) is 0 Å². The van der Waals surface area contributed by atoms with Crippen molar-refractivity contribution in [1.82, 2.24) is 10.1 Å². The van der Waals surface area contributed by atoms with Crippen molar-refractivity contribution < 1.29 is 13.7 Å². The maximum absolute atomic E-state index is 12.2. The molecule has 0 aliphatic carbocycles. The van der Waals surface area contributed by atoms with Gasteiger partial charge >= 0.3 is 0 Å². The fourth-order valence-electron chi connectivity index (χ4n) is 2.16. The zero-order chi connectivity index (χ0) is 13.1. The number of aromatic nitrogens is 1. The van der Waals surface area contributed by atoms with Crippen LogP contribution in [-0.4, -0.2) is 34.8 Å². The van der Waals surface area contributed by atoms with E-state index in [-0.39, 0.29) is 5.91 Å². The van der Waals surface area contributed by atoms with E-state index in [0.717, 1.165) is 24.5 Å². The van der Waals surface area contributed by atoms with Crippen LogP contribution in [0.3, 0.4) is 0 Å². The van der Waals surface area contributed by atoms with Gasteiger partial charge in [0.05, 0.1) is 17.7 Å². The van der Waals surface area contributed by atoms with Gasteiger partial charge in [0.25, 0.3) is 5.91 Å². The average molecular weight is 278 g/mol. The van der Waals surface area contributed by atoms with E-state index in [9.17, 15) is 4.79 Å². The smallest absolute Gasteiger partial charge is 0.292 e. The first-order chi connectivity index (χ1) is 9.34. The highest BCUT2D eigenvalue weighted by atomic mass is 32.2. The van der Waals surface area contributed by atoms with Crippen molar-refractivity contribution in [1.29, 1.82) is 0 Å². The molecule has 2 aromatic rings. The van der Waals surface area contributed by atoms with Crippen molar-refractivity contribution in [3.8, 4) is 0 Å². The number of thioether (sulfide) groups is 1. The van der Waals surface area contributed by atoms with Crippen molar-refractivity contribution in [2.75, 3.05) is 18.8 Å². The van der Waals surface area contributed by atoms with Gasteiger partial charge in [-0.1, -0.05) is 5.16 Å². The number of hydrogen-bond donors (Lipinski definition) is 0. The fourth-order valence-corrected chi connectivity index (χ4v) is 3.34. The summed E-state index contributed by atoms with van der Waals surface area (Å²) in [5.41, 5.74) is 0. The third-order valence-electron chi connectivity index (χ3n) is 3.14. The summed E-state index contributed by atoms with van der Waals surface area (Å²) in [4.78, 5) is 14.0. The Labute approximate surface area is 114 Å². The van der Waals surface area contributed by atoms with Crippen molar-refractivity contribution >= 4 is 17.7 Å². The Kier molecular flexibility index (Phi) is 3.59. The van der Waals surface area contributed by atoms with E-state index >= 15 is 0 Å². The van der Waals surface area contributed by atoms with E-state index in [1.54, 1.807) is 12.3 Å². The Balaban J connectivity index is 1.66. The summed E-state index contributed by atoms with van der Waals surface area (Å²) in [6.07, 6.45) is 4.07. The van der Waals surface area contributed by atoms with Gasteiger partial charge in [0, 0.05) is 24.9 Å². The predicted molar refractivity (Wildman–Crippen MR) is 70.9 cm³/mol. The lowest BCUT2D eigenvalue weighted by molar-refractivity contribution is 0.0724. The van der Waals surface area contributed by atoms with Crippen molar-refractivity contribution in [2.45, 2.75) is 11.7 Å². The molecular formula is C13H14N2O3S. The molecule has 3 rings (SSSR count). The molecule has 19 heavy (non-hydrogen) atoms. The summed E-state index contributed by atoms with van der Waals surface area (Å²) in [5, 5.41) is 3.90. The first-order valence-electron chi connectivity index (χ1n) is 6.19. The van der Waals surface area contributed by atoms with Gasteiger partial charge in [0.2, 0.25) is 5.76 Å². The second-order valence-electron chi connectivity index (χ2n) is 4.33. The molecule has 1 atom stereocenters. The molecule has 3 heterocycles. The van der Waals surface area contributed by atoms with E-state index in [0.29, 0.717) is 17.6 Å². The van der Waals surface area contributed by atoms with Crippen LogP contribution in [0.2, 0.25) is 0 Å². The van der Waals surface area contributed by atoms with Crippen LogP contribution in [0.15, 0.2) is 39.6 Å². The summed E-state index contributed by atoms with van der Waals surface area (Å²) in [5.74, 6) is 2.10. The monoisotopic (exact) mass is 278 g/mol. The summed E-state index contributed by atoms with van der Waals surface area (Å²) in [7, 11) is 0. The van der Waals surface area contributed by atoms with Crippen LogP contribution in [0.5, 0.6) is 0 Å². The number of rotatable bonds is 2. The molecule has 1 saturated heterocycles. The van der Waals surface area contributed by atoms with Crippen molar-refractivity contribution in [3.63, 3.8) is 0 Å². The quantitative estimate of drug-likeness (QED) is 0.845. The van der Waals surface area contributed by atoms with Crippen LogP contribution < -0.4 is 0 Å². The molecule has 0 N–H and O–H groups in total. The number of carbonyl (C=O) groups excluding carboxylic acids is 1. The minimum Gasteiger partial charge on any atom is -0.468 e. The Hall–Kier alpha value is -1.69. The lowest BCUT2D eigenvalue weighted by Gasteiger charge is -2.18. The highest BCUT2D eigenvalue weighted by molar-refractivity contribution is 7.99. The molecular weight excluding hydrogens is 264 g/mol. The predicted octanol–water partition coefficient (Wildman–Crippen LogP) is 2.59. The van der Waals surface area contributed by atoms with Gasteiger partial charge in [0.15, 0.2) is 0 Å². The van der Waals surface area contributed by atoms with Gasteiger partial charge in [0.1, 0.15) is 5.76 Å². The summed E-state index contributed by atoms with van der Waals surface area (Å²) < 4.78 is 10.4. The van der Waals surface area contributed by atoms with E-state index in [1.807, 2.05) is 28.8 Å². The Morgan fingerprint density at radius 2 is 2.37 bits per heavy atom. The van der Waals surface area contributed by atoms with Gasteiger partial charge in [-0.3, -0.25) is 4.79 Å². The fraction of sp³-hybridized carbons (Fsp3) is 0.385. The van der Waals surface area contributed by atoms with E-state index in [1.165, 1.54) is 6.20 Å². The summed E-state index contributed by atoms with van der Waals surface area (Å²) in [6, 6.07) is 5.49. The van der Waals surface area contributed by atoms with Gasteiger partial charge in [-0.2, -0.15) is 0 Å². The molecule has 0 aromatic carbocycles. The van der Waals surface area contributed by atoms with Crippen LogP contribution in [0.4, 0.5) is 0 Å². The van der Waals surface area contributed by atoms with Crippen LogP contribution in [0.25, 0.3) is 0 Å². The van der Waals surface area contributed by atoms with Gasteiger partial charge in [-0.25, -0.2) is 0 Å². The largest absolute Gasteiger partial charge is 0.468 e. The molecule has 5 nitrogen and oxygen atoms in total. The molecule has 1 amide bonds. The summed E-state index contributed by atoms with van der Waals surface area (Å²) in [6.45, 7) is 1.43. The van der Waals surface area contributed by atoms with Crippen LogP contribution in [0.1, 0.15) is 28.0 Å². The molecule has 1 fully saturated rings. The lowest BCUT2D eigenvalue weighted by Crippen LogP contribution is -2.32. The minimum atomic E-state index is -0.0850. The number of amides is 1. The highest BCUT2D eigenvalue weighted by Gasteiger charge is 2.25. The normalized spacial score (nSPS) is 20.2. The average Bonchev–Trinajstić information content (AvgIpc) is 3.08. The molecule has 0 unspecified atom stereocenters. The Bertz CT molecular complexity index is 524. The SMILES string of the molecule is O=C(c1ccno1)N1CCS[C@@H](c2ccco2)CC1. The van der Waals surface area contributed by atoms with E-state index in [4.69, 9.17) is 8.94 Å². The number of hydrogen-bond acceptors (Lipinski definition) is 5. The number of carbonyl (C=O) groups is 1. The van der Waals surface area contributed by atoms with E-state index < -0.39 is 0 Å². The third kappa shape index (κ3) is 2.68. The zero-order valence-corrected chi connectivity index (χ0v) is 11.1. The topological polar surface area (TPSA) is 59.5 Å². The first-order valence-corrected chi connectivity index (χ1v) is 7.24. The summed E-state index contributed by atoms with van der Waals surface area (Å²) >= 11 is 1.83. The second kappa shape index (κ2) is 5.52. The van der Waals surface area contributed by atoms with Gasteiger partial charge in [-0.15, -0.1) is 11.8 Å².